The van der Waals surface area contributed by atoms with Crippen molar-refractivity contribution >= 4 is 30.9 Å². The molecular formula is C12H16BFO4SSi. The fraction of sp³-hybridized carbons (Fsp3) is 0.333. The lowest BCUT2D eigenvalue weighted by molar-refractivity contribution is 0.425. The van der Waals surface area contributed by atoms with Gasteiger partial charge >= 0.3 is 17.3 Å². The van der Waals surface area contributed by atoms with Crippen molar-refractivity contribution in [1.29, 1.82) is 0 Å². The van der Waals surface area contributed by atoms with Crippen molar-refractivity contribution in [3.8, 4) is 11.5 Å². The van der Waals surface area contributed by atoms with E-state index in [4.69, 9.17) is 0 Å². The predicted octanol–water partition coefficient (Wildman–Crippen LogP) is 0.395. The number of hydrogen-bond donors (Lipinski definition) is 2. The highest BCUT2D eigenvalue weighted by Crippen LogP contribution is 2.09. The quantitative estimate of drug-likeness (QED) is 0.481. The third kappa shape index (κ3) is 6.34. The Bertz CT molecular complexity index is 656. The van der Waals surface area contributed by atoms with E-state index in [1.165, 1.54) is 18.2 Å². The summed E-state index contributed by atoms with van der Waals surface area (Å²) in [7, 11) is -8.07. The van der Waals surface area contributed by atoms with Crippen LogP contribution in [0.4, 0.5) is 3.89 Å². The van der Waals surface area contributed by atoms with Gasteiger partial charge in [0.1, 0.15) is 13.8 Å². The molecule has 0 fully saturated rings. The van der Waals surface area contributed by atoms with Crippen molar-refractivity contribution in [3.05, 3.63) is 29.3 Å². The molecule has 0 bridgehead atoms. The maximum absolute atomic E-state index is 12.7. The normalized spacial score (nSPS) is 11.7. The number of benzene rings is 1. The Labute approximate surface area is 120 Å². The minimum Gasteiger partial charge on any atom is -0.423 e. The lowest BCUT2D eigenvalue weighted by Gasteiger charge is -2.06. The summed E-state index contributed by atoms with van der Waals surface area (Å²) in [6, 6.07) is 4.13. The van der Waals surface area contributed by atoms with Crippen LogP contribution in [0.1, 0.15) is 11.1 Å². The molecule has 2 N–H and O–H groups in total. The number of rotatable bonds is 3. The third-order valence-electron chi connectivity index (χ3n) is 2.23. The largest absolute Gasteiger partial charge is 0.488 e. The lowest BCUT2D eigenvalue weighted by Crippen LogP contribution is -2.30. The average Bonchev–Trinajstić information content (AvgIpc) is 2.22. The summed E-state index contributed by atoms with van der Waals surface area (Å²) >= 11 is 0. The fourth-order valence-corrected chi connectivity index (χ4v) is 2.57. The second-order valence-electron chi connectivity index (χ2n) is 5.52. The first-order valence-corrected chi connectivity index (χ1v) is 11.0. The number of halogens is 1. The first-order chi connectivity index (χ1) is 8.96. The highest BCUT2D eigenvalue weighted by molar-refractivity contribution is 7.85. The highest BCUT2D eigenvalue weighted by Gasteiger charge is 2.16. The summed E-state index contributed by atoms with van der Waals surface area (Å²) in [6.07, 6.45) is 0. The second kappa shape index (κ2) is 6.10. The SMILES string of the molecule is C[Si](C)(C)C#Cc1cc(CS(=O)(=O)F)cc(B(O)O)c1. The van der Waals surface area contributed by atoms with Crippen LogP contribution in [0, 0.1) is 11.5 Å². The van der Waals surface area contributed by atoms with Crippen LogP contribution in [0.3, 0.4) is 0 Å². The van der Waals surface area contributed by atoms with Gasteiger partial charge in [0.25, 0.3) is 0 Å². The Hall–Kier alpha value is -1.14. The Morgan fingerprint density at radius 1 is 1.25 bits per heavy atom. The van der Waals surface area contributed by atoms with E-state index in [2.05, 4.69) is 11.5 Å². The van der Waals surface area contributed by atoms with Crippen LogP contribution < -0.4 is 5.46 Å². The van der Waals surface area contributed by atoms with E-state index in [0.29, 0.717) is 5.56 Å². The Kier molecular flexibility index (Phi) is 5.16. The number of hydrogen-bond acceptors (Lipinski definition) is 4. The van der Waals surface area contributed by atoms with Gasteiger partial charge in [-0.15, -0.1) is 9.43 Å². The molecule has 0 unspecified atom stereocenters. The molecule has 1 aromatic carbocycles. The molecule has 4 nitrogen and oxygen atoms in total. The predicted molar refractivity (Wildman–Crippen MR) is 80.2 cm³/mol. The van der Waals surface area contributed by atoms with Gasteiger partial charge in [-0.2, -0.15) is 8.42 Å². The Morgan fingerprint density at radius 2 is 1.85 bits per heavy atom. The van der Waals surface area contributed by atoms with E-state index in [0.717, 1.165) is 0 Å². The summed E-state index contributed by atoms with van der Waals surface area (Å²) in [6.45, 7) is 6.12. The van der Waals surface area contributed by atoms with Crippen molar-refractivity contribution in [2.45, 2.75) is 25.4 Å². The van der Waals surface area contributed by atoms with Crippen molar-refractivity contribution in [1.82, 2.24) is 0 Å². The summed E-state index contributed by atoms with van der Waals surface area (Å²) in [5.74, 6) is 2.07. The van der Waals surface area contributed by atoms with Gasteiger partial charge in [-0.3, -0.25) is 0 Å². The van der Waals surface area contributed by atoms with Crippen molar-refractivity contribution < 1.29 is 22.4 Å². The molecule has 0 spiro atoms. The monoisotopic (exact) mass is 314 g/mol. The van der Waals surface area contributed by atoms with E-state index < -0.39 is 31.2 Å². The molecule has 0 saturated carbocycles. The van der Waals surface area contributed by atoms with Crippen molar-refractivity contribution in [2.75, 3.05) is 0 Å². The van der Waals surface area contributed by atoms with Gasteiger partial charge in [-0.05, 0) is 23.2 Å². The first-order valence-electron chi connectivity index (χ1n) is 5.92. The van der Waals surface area contributed by atoms with Crippen LogP contribution in [0.15, 0.2) is 18.2 Å². The molecule has 1 rings (SSSR count). The average molecular weight is 314 g/mol. The molecule has 0 amide bonds. The lowest BCUT2D eigenvalue weighted by atomic mass is 9.79. The Balaban J connectivity index is 3.27. The Morgan fingerprint density at radius 3 is 2.30 bits per heavy atom. The minimum atomic E-state index is -4.68. The van der Waals surface area contributed by atoms with Crippen LogP contribution in [0.2, 0.25) is 19.6 Å². The van der Waals surface area contributed by atoms with E-state index >= 15 is 0 Å². The molecule has 0 aliphatic heterocycles. The molecule has 108 valence electrons. The molecule has 8 heteroatoms. The van der Waals surface area contributed by atoms with Crippen molar-refractivity contribution in [2.24, 2.45) is 0 Å². The summed E-state index contributed by atoms with van der Waals surface area (Å²) in [4.78, 5) is 0. The van der Waals surface area contributed by atoms with Crippen LogP contribution in [-0.4, -0.2) is 33.7 Å². The summed E-state index contributed by atoms with van der Waals surface area (Å²) in [5.41, 5.74) is 3.74. The fourth-order valence-electron chi connectivity index (χ4n) is 1.48. The van der Waals surface area contributed by atoms with E-state index in [9.17, 15) is 22.4 Å². The van der Waals surface area contributed by atoms with Gasteiger partial charge in [0.15, 0.2) is 0 Å². The van der Waals surface area contributed by atoms with Gasteiger partial charge in [0.05, 0.1) is 0 Å². The minimum absolute atomic E-state index is 0.0889. The standard InChI is InChI=1S/C12H16BFO4SSi/c1-20(2,3)5-4-10-6-11(9-19(14,17)18)8-12(7-10)13(15)16/h6-8,15-16H,9H2,1-3H3. The van der Waals surface area contributed by atoms with E-state index in [-0.39, 0.29) is 11.0 Å². The molecule has 0 aromatic heterocycles. The highest BCUT2D eigenvalue weighted by atomic mass is 32.3. The second-order valence-corrected chi connectivity index (χ2v) is 11.6. The van der Waals surface area contributed by atoms with E-state index in [1.54, 1.807) is 0 Å². The smallest absolute Gasteiger partial charge is 0.423 e. The summed E-state index contributed by atoms with van der Waals surface area (Å²) in [5, 5.41) is 18.3. The van der Waals surface area contributed by atoms with Gasteiger partial charge in [-0.25, -0.2) is 0 Å². The van der Waals surface area contributed by atoms with Gasteiger partial charge < -0.3 is 10.0 Å². The molecule has 20 heavy (non-hydrogen) atoms. The van der Waals surface area contributed by atoms with Gasteiger partial charge in [0.2, 0.25) is 0 Å². The van der Waals surface area contributed by atoms with Crippen LogP contribution in [-0.2, 0) is 16.0 Å². The molecule has 0 atom stereocenters. The summed E-state index contributed by atoms with van der Waals surface area (Å²) < 4.78 is 34.1. The zero-order valence-electron chi connectivity index (χ0n) is 11.5. The van der Waals surface area contributed by atoms with Crippen molar-refractivity contribution in [3.63, 3.8) is 0 Å². The van der Waals surface area contributed by atoms with Crippen LogP contribution in [0.25, 0.3) is 0 Å². The first kappa shape index (κ1) is 16.9. The molecule has 0 aliphatic carbocycles. The molecule has 0 radical (unpaired) electrons. The maximum atomic E-state index is 12.7. The van der Waals surface area contributed by atoms with Gasteiger partial charge in [0, 0.05) is 5.56 Å². The zero-order valence-corrected chi connectivity index (χ0v) is 13.3. The third-order valence-corrected chi connectivity index (χ3v) is 3.79. The molecule has 0 saturated heterocycles. The molecular weight excluding hydrogens is 298 g/mol. The van der Waals surface area contributed by atoms with Gasteiger partial charge in [-0.1, -0.05) is 31.6 Å². The molecule has 1 aromatic rings. The molecule has 0 heterocycles. The van der Waals surface area contributed by atoms with E-state index in [1.807, 2.05) is 19.6 Å². The van der Waals surface area contributed by atoms with Crippen LogP contribution in [0.5, 0.6) is 0 Å². The topological polar surface area (TPSA) is 74.6 Å². The van der Waals surface area contributed by atoms with Crippen LogP contribution >= 0.6 is 0 Å². The maximum Gasteiger partial charge on any atom is 0.488 e. The zero-order chi connectivity index (χ0) is 15.6. The molecule has 0 aliphatic rings.